The van der Waals surface area contributed by atoms with E-state index in [1.54, 1.807) is 30.1 Å². The minimum atomic E-state index is -0.0657. The molecule has 1 N–H and O–H groups in total. The van der Waals surface area contributed by atoms with Gasteiger partial charge in [-0.25, -0.2) is 4.98 Å². The SMILES string of the molecule is Cn1c(N[C@@H]2CCCCN(Cc3ccccc3)C2)nc(-c2ccncc2)cc1=O. The lowest BCUT2D eigenvalue weighted by molar-refractivity contribution is 0.269. The first-order valence-electron chi connectivity index (χ1n) is 10.2. The number of nitrogens with zero attached hydrogens (tertiary/aromatic N) is 4. The van der Waals surface area contributed by atoms with Crippen molar-refractivity contribution >= 4 is 5.95 Å². The van der Waals surface area contributed by atoms with E-state index < -0.39 is 0 Å². The number of pyridine rings is 1. The Labute approximate surface area is 171 Å². The van der Waals surface area contributed by atoms with Gasteiger partial charge in [-0.3, -0.25) is 19.2 Å². The predicted octanol–water partition coefficient (Wildman–Crippen LogP) is 3.31. The van der Waals surface area contributed by atoms with Gasteiger partial charge in [-0.2, -0.15) is 0 Å². The second-order valence-electron chi connectivity index (χ2n) is 7.66. The van der Waals surface area contributed by atoms with Crippen molar-refractivity contribution in [1.82, 2.24) is 19.4 Å². The van der Waals surface area contributed by atoms with Crippen molar-refractivity contribution in [2.24, 2.45) is 7.05 Å². The fourth-order valence-electron chi connectivity index (χ4n) is 3.85. The number of hydrogen-bond acceptors (Lipinski definition) is 5. The Balaban J connectivity index is 1.53. The van der Waals surface area contributed by atoms with Crippen molar-refractivity contribution in [1.29, 1.82) is 0 Å². The molecular formula is C23H27N5O. The molecule has 0 aliphatic carbocycles. The second-order valence-corrected chi connectivity index (χ2v) is 7.66. The number of nitrogens with one attached hydrogen (secondary N) is 1. The molecule has 0 amide bonds. The lowest BCUT2D eigenvalue weighted by Gasteiger charge is -2.26. The Morgan fingerprint density at radius 3 is 2.69 bits per heavy atom. The molecule has 3 heterocycles. The van der Waals surface area contributed by atoms with E-state index in [4.69, 9.17) is 4.98 Å². The zero-order chi connectivity index (χ0) is 20.1. The largest absolute Gasteiger partial charge is 0.352 e. The number of likely N-dealkylation sites (tertiary alicyclic amines) is 1. The summed E-state index contributed by atoms with van der Waals surface area (Å²) < 4.78 is 1.59. The fourth-order valence-corrected chi connectivity index (χ4v) is 3.85. The number of rotatable bonds is 5. The molecule has 6 heteroatoms. The van der Waals surface area contributed by atoms with Crippen LogP contribution in [-0.4, -0.2) is 38.6 Å². The van der Waals surface area contributed by atoms with E-state index in [0.29, 0.717) is 11.6 Å². The maximum atomic E-state index is 12.5. The molecule has 1 aromatic carbocycles. The molecule has 1 aliphatic heterocycles. The van der Waals surface area contributed by atoms with E-state index in [0.717, 1.165) is 31.6 Å². The van der Waals surface area contributed by atoms with Gasteiger partial charge >= 0.3 is 0 Å². The smallest absolute Gasteiger partial charge is 0.255 e. The van der Waals surface area contributed by atoms with Crippen LogP contribution < -0.4 is 10.9 Å². The van der Waals surface area contributed by atoms with E-state index in [9.17, 15) is 4.79 Å². The second kappa shape index (κ2) is 9.01. The van der Waals surface area contributed by atoms with Gasteiger partial charge in [0.05, 0.1) is 5.69 Å². The summed E-state index contributed by atoms with van der Waals surface area (Å²) in [6, 6.07) is 16.2. The van der Waals surface area contributed by atoms with Gasteiger partial charge in [0.15, 0.2) is 0 Å². The van der Waals surface area contributed by atoms with Crippen LogP contribution in [0.2, 0.25) is 0 Å². The maximum absolute atomic E-state index is 12.5. The summed E-state index contributed by atoms with van der Waals surface area (Å²) in [5, 5.41) is 3.55. The Bertz CT molecular complexity index is 987. The highest BCUT2D eigenvalue weighted by molar-refractivity contribution is 5.59. The third-order valence-corrected chi connectivity index (χ3v) is 5.45. The van der Waals surface area contributed by atoms with Crippen LogP contribution in [-0.2, 0) is 13.6 Å². The Kier molecular flexibility index (Phi) is 6.00. The highest BCUT2D eigenvalue weighted by atomic mass is 16.1. The lowest BCUT2D eigenvalue weighted by Crippen LogP contribution is -2.36. The normalized spacial score (nSPS) is 17.6. The summed E-state index contributed by atoms with van der Waals surface area (Å²) in [5.74, 6) is 0.621. The predicted molar refractivity (Wildman–Crippen MR) is 116 cm³/mol. The van der Waals surface area contributed by atoms with Gasteiger partial charge in [0.1, 0.15) is 0 Å². The Hall–Kier alpha value is -2.99. The van der Waals surface area contributed by atoms with Crippen molar-refractivity contribution in [3.05, 3.63) is 76.8 Å². The monoisotopic (exact) mass is 389 g/mol. The highest BCUT2D eigenvalue weighted by Crippen LogP contribution is 2.19. The van der Waals surface area contributed by atoms with Gasteiger partial charge in [0, 0.05) is 50.2 Å². The highest BCUT2D eigenvalue weighted by Gasteiger charge is 2.20. The molecule has 150 valence electrons. The number of aromatic nitrogens is 3. The summed E-state index contributed by atoms with van der Waals surface area (Å²) in [6.07, 6.45) is 6.86. The fraction of sp³-hybridized carbons (Fsp3) is 0.348. The van der Waals surface area contributed by atoms with Crippen LogP contribution in [0.1, 0.15) is 24.8 Å². The third-order valence-electron chi connectivity index (χ3n) is 5.45. The molecular weight excluding hydrogens is 362 g/mol. The van der Waals surface area contributed by atoms with Crippen molar-refractivity contribution in [2.75, 3.05) is 18.4 Å². The minimum Gasteiger partial charge on any atom is -0.352 e. The Morgan fingerprint density at radius 2 is 1.90 bits per heavy atom. The topological polar surface area (TPSA) is 63.1 Å². The number of benzene rings is 1. The maximum Gasteiger partial charge on any atom is 0.255 e. The van der Waals surface area contributed by atoms with Crippen LogP contribution in [0.15, 0.2) is 65.7 Å². The molecule has 4 rings (SSSR count). The summed E-state index contributed by atoms with van der Waals surface area (Å²) in [6.45, 7) is 2.98. The van der Waals surface area contributed by atoms with Crippen LogP contribution in [0, 0.1) is 0 Å². The molecule has 2 aromatic heterocycles. The molecule has 6 nitrogen and oxygen atoms in total. The zero-order valence-electron chi connectivity index (χ0n) is 16.8. The van der Waals surface area contributed by atoms with E-state index >= 15 is 0 Å². The molecule has 1 saturated heterocycles. The van der Waals surface area contributed by atoms with Crippen molar-refractivity contribution in [3.63, 3.8) is 0 Å². The zero-order valence-corrected chi connectivity index (χ0v) is 16.8. The van der Waals surface area contributed by atoms with E-state index in [2.05, 4.69) is 45.5 Å². The van der Waals surface area contributed by atoms with Gasteiger partial charge in [-0.05, 0) is 37.1 Å². The lowest BCUT2D eigenvalue weighted by atomic mass is 10.1. The number of anilines is 1. The van der Waals surface area contributed by atoms with Crippen molar-refractivity contribution in [3.8, 4) is 11.3 Å². The van der Waals surface area contributed by atoms with Gasteiger partial charge in [-0.15, -0.1) is 0 Å². The van der Waals surface area contributed by atoms with E-state index in [-0.39, 0.29) is 11.6 Å². The summed E-state index contributed by atoms with van der Waals surface area (Å²) in [5.41, 5.74) is 2.84. The molecule has 0 bridgehead atoms. The van der Waals surface area contributed by atoms with Crippen LogP contribution in [0.3, 0.4) is 0 Å². The average molecular weight is 390 g/mol. The first-order chi connectivity index (χ1) is 14.2. The van der Waals surface area contributed by atoms with Gasteiger partial charge < -0.3 is 5.32 Å². The molecule has 0 radical (unpaired) electrons. The van der Waals surface area contributed by atoms with Crippen molar-refractivity contribution in [2.45, 2.75) is 31.8 Å². The number of hydrogen-bond donors (Lipinski definition) is 1. The summed E-state index contributed by atoms with van der Waals surface area (Å²) in [4.78, 5) is 23.8. The van der Waals surface area contributed by atoms with Crippen LogP contribution >= 0.6 is 0 Å². The van der Waals surface area contributed by atoms with Crippen LogP contribution in [0.25, 0.3) is 11.3 Å². The third kappa shape index (κ3) is 4.90. The van der Waals surface area contributed by atoms with Gasteiger partial charge in [0.2, 0.25) is 5.95 Å². The Morgan fingerprint density at radius 1 is 1.10 bits per heavy atom. The van der Waals surface area contributed by atoms with E-state index in [1.807, 2.05) is 12.1 Å². The van der Waals surface area contributed by atoms with Crippen LogP contribution in [0.5, 0.6) is 0 Å². The molecule has 0 saturated carbocycles. The standard InChI is InChI=1S/C23H27N5O/c1-27-22(29)15-21(19-10-12-24-13-11-19)26-23(27)25-20-9-5-6-14-28(17-20)16-18-7-3-2-4-8-18/h2-4,7-8,10-13,15,20H,5-6,9,14,16-17H2,1H3,(H,25,26)/t20-/m1/s1. The molecule has 29 heavy (non-hydrogen) atoms. The molecule has 0 unspecified atom stereocenters. The molecule has 1 atom stereocenters. The van der Waals surface area contributed by atoms with Gasteiger partial charge in [0.25, 0.3) is 5.56 Å². The summed E-state index contributed by atoms with van der Waals surface area (Å²) >= 11 is 0. The average Bonchev–Trinajstić information content (AvgIpc) is 2.97. The first kappa shape index (κ1) is 19.3. The first-order valence-corrected chi connectivity index (χ1v) is 10.2. The molecule has 0 spiro atoms. The quantitative estimate of drug-likeness (QED) is 0.725. The van der Waals surface area contributed by atoms with Crippen molar-refractivity contribution < 1.29 is 0 Å². The van der Waals surface area contributed by atoms with E-state index in [1.165, 1.54) is 18.4 Å². The molecule has 1 aliphatic rings. The van der Waals surface area contributed by atoms with Crippen LogP contribution in [0.4, 0.5) is 5.95 Å². The molecule has 1 fully saturated rings. The van der Waals surface area contributed by atoms with Gasteiger partial charge in [-0.1, -0.05) is 36.8 Å². The minimum absolute atomic E-state index is 0.0657. The molecule has 3 aromatic rings. The summed E-state index contributed by atoms with van der Waals surface area (Å²) in [7, 11) is 1.77.